The maximum absolute atomic E-state index is 12.8. The summed E-state index contributed by atoms with van der Waals surface area (Å²) in [6.45, 7) is 2.33. The summed E-state index contributed by atoms with van der Waals surface area (Å²) < 4.78 is 9.80. The summed E-state index contributed by atoms with van der Waals surface area (Å²) in [6, 6.07) is 13.6. The van der Waals surface area contributed by atoms with Crippen LogP contribution in [0.2, 0.25) is 0 Å². The van der Waals surface area contributed by atoms with Crippen LogP contribution in [0, 0.1) is 0 Å². The van der Waals surface area contributed by atoms with Gasteiger partial charge in [0.2, 0.25) is 11.8 Å². The van der Waals surface area contributed by atoms with Crippen molar-refractivity contribution < 1.29 is 23.9 Å². The van der Waals surface area contributed by atoms with Gasteiger partial charge >= 0.3 is 5.97 Å². The Labute approximate surface area is 184 Å². The number of hydrogen-bond acceptors (Lipinski definition) is 7. The van der Waals surface area contributed by atoms with E-state index in [0.717, 1.165) is 5.75 Å². The average molecular weight is 442 g/mol. The van der Waals surface area contributed by atoms with Crippen LogP contribution in [-0.2, 0) is 14.3 Å². The van der Waals surface area contributed by atoms with Crippen molar-refractivity contribution in [3.05, 3.63) is 54.1 Å². The van der Waals surface area contributed by atoms with Gasteiger partial charge in [0.15, 0.2) is 5.17 Å². The number of ether oxygens (including phenoxy) is 2. The van der Waals surface area contributed by atoms with E-state index in [0.29, 0.717) is 28.7 Å². The molecule has 31 heavy (non-hydrogen) atoms. The molecule has 2 amide bonds. The van der Waals surface area contributed by atoms with Crippen LogP contribution in [0.5, 0.6) is 5.75 Å². The molecule has 0 saturated carbocycles. The number of carbonyl (C=O) groups is 3. The minimum absolute atomic E-state index is 0.0143. The molecule has 0 spiro atoms. The van der Waals surface area contributed by atoms with Crippen molar-refractivity contribution in [3.8, 4) is 5.75 Å². The van der Waals surface area contributed by atoms with Crippen LogP contribution in [0.4, 0.5) is 11.4 Å². The van der Waals surface area contributed by atoms with Crippen LogP contribution in [0.1, 0.15) is 23.7 Å². The van der Waals surface area contributed by atoms with Crippen molar-refractivity contribution in [2.75, 3.05) is 26.1 Å². The Balaban J connectivity index is 1.65. The van der Waals surface area contributed by atoms with E-state index >= 15 is 0 Å². The lowest BCUT2D eigenvalue weighted by atomic mass is 10.2. The number of methoxy groups -OCH3 is 2. The van der Waals surface area contributed by atoms with E-state index in [1.54, 1.807) is 48.4 Å². The van der Waals surface area contributed by atoms with E-state index in [1.807, 2.05) is 19.1 Å². The monoisotopic (exact) mass is 441 g/mol. The molecule has 0 aromatic heterocycles. The zero-order valence-corrected chi connectivity index (χ0v) is 18.3. The molecule has 1 heterocycles. The van der Waals surface area contributed by atoms with E-state index in [1.165, 1.54) is 18.9 Å². The van der Waals surface area contributed by atoms with Gasteiger partial charge < -0.3 is 14.8 Å². The lowest BCUT2D eigenvalue weighted by Crippen LogP contribution is -2.33. The Kier molecular flexibility index (Phi) is 7.30. The summed E-state index contributed by atoms with van der Waals surface area (Å²) in [4.78, 5) is 42.9. The predicted octanol–water partition coefficient (Wildman–Crippen LogP) is 3.46. The second-order valence-electron chi connectivity index (χ2n) is 6.60. The highest BCUT2D eigenvalue weighted by Gasteiger charge is 2.38. The third-order valence-corrected chi connectivity index (χ3v) is 5.77. The largest absolute Gasteiger partial charge is 0.497 e. The van der Waals surface area contributed by atoms with Gasteiger partial charge in [0, 0.05) is 18.7 Å². The highest BCUT2D eigenvalue weighted by atomic mass is 32.2. The molecule has 162 valence electrons. The number of amides is 2. The molecule has 1 aliphatic heterocycles. The maximum atomic E-state index is 12.8. The number of esters is 1. The standard InChI is InChI=1S/C22H23N3O5S/c1-4-25-20(27)18(31-22(25)24-16-9-11-17(29-2)12-10-16)13-19(26)23-15-7-5-14(6-8-15)21(28)30-3/h5-12,18H,4,13H2,1-3H3,(H,23,26)/t18-/m0/s1. The van der Waals surface area contributed by atoms with Gasteiger partial charge in [-0.15, -0.1) is 0 Å². The number of carbonyl (C=O) groups excluding carboxylic acids is 3. The lowest BCUT2D eigenvalue weighted by molar-refractivity contribution is -0.128. The third kappa shape index (κ3) is 5.43. The molecule has 1 aliphatic rings. The molecule has 3 rings (SSSR count). The fraction of sp³-hybridized carbons (Fsp3) is 0.273. The Morgan fingerprint density at radius 2 is 1.77 bits per heavy atom. The van der Waals surface area contributed by atoms with Gasteiger partial charge in [-0.3, -0.25) is 14.5 Å². The predicted molar refractivity (Wildman–Crippen MR) is 120 cm³/mol. The first-order chi connectivity index (χ1) is 14.9. The molecule has 0 bridgehead atoms. The van der Waals surface area contributed by atoms with Gasteiger partial charge in [-0.25, -0.2) is 9.79 Å². The van der Waals surface area contributed by atoms with Crippen LogP contribution < -0.4 is 10.1 Å². The highest BCUT2D eigenvalue weighted by molar-refractivity contribution is 8.15. The van der Waals surface area contributed by atoms with Crippen molar-refractivity contribution in [2.45, 2.75) is 18.6 Å². The van der Waals surface area contributed by atoms with E-state index < -0.39 is 11.2 Å². The fourth-order valence-corrected chi connectivity index (χ4v) is 4.19. The number of nitrogens with zero attached hydrogens (tertiary/aromatic N) is 2. The lowest BCUT2D eigenvalue weighted by Gasteiger charge is -2.13. The molecular weight excluding hydrogens is 418 g/mol. The van der Waals surface area contributed by atoms with E-state index in [4.69, 9.17) is 4.74 Å². The highest BCUT2D eigenvalue weighted by Crippen LogP contribution is 2.32. The quantitative estimate of drug-likeness (QED) is 0.661. The number of anilines is 1. The first kappa shape index (κ1) is 22.4. The van der Waals surface area contributed by atoms with Crippen molar-refractivity contribution >= 4 is 46.1 Å². The number of aliphatic imine (C=N–C) groups is 1. The van der Waals surface area contributed by atoms with Crippen molar-refractivity contribution in [1.29, 1.82) is 0 Å². The number of rotatable bonds is 7. The summed E-state index contributed by atoms with van der Waals surface area (Å²) in [5.74, 6) is -0.163. The van der Waals surface area contributed by atoms with Crippen LogP contribution in [0.3, 0.4) is 0 Å². The van der Waals surface area contributed by atoms with Gasteiger partial charge in [0.25, 0.3) is 0 Å². The number of hydrogen-bond donors (Lipinski definition) is 1. The second kappa shape index (κ2) is 10.1. The van der Waals surface area contributed by atoms with E-state index in [2.05, 4.69) is 15.0 Å². The molecule has 2 aromatic rings. The minimum Gasteiger partial charge on any atom is -0.497 e. The summed E-state index contributed by atoms with van der Waals surface area (Å²) in [7, 11) is 2.90. The molecule has 9 heteroatoms. The van der Waals surface area contributed by atoms with Gasteiger partial charge in [0.05, 0.1) is 25.5 Å². The number of thioether (sulfide) groups is 1. The molecule has 1 fully saturated rings. The average Bonchev–Trinajstić information content (AvgIpc) is 3.07. The van der Waals surface area contributed by atoms with Crippen LogP contribution in [-0.4, -0.2) is 53.9 Å². The third-order valence-electron chi connectivity index (χ3n) is 4.59. The molecule has 8 nitrogen and oxygen atoms in total. The molecule has 2 aromatic carbocycles. The Hall–Kier alpha value is -3.33. The number of benzene rings is 2. The van der Waals surface area contributed by atoms with Crippen molar-refractivity contribution in [2.24, 2.45) is 4.99 Å². The number of nitrogens with one attached hydrogen (secondary N) is 1. The van der Waals surface area contributed by atoms with Crippen LogP contribution >= 0.6 is 11.8 Å². The van der Waals surface area contributed by atoms with Gasteiger partial charge in [-0.05, 0) is 55.5 Å². The molecule has 1 N–H and O–H groups in total. The molecule has 1 saturated heterocycles. The summed E-state index contributed by atoms with van der Waals surface area (Å²) in [5, 5.41) is 2.77. The summed E-state index contributed by atoms with van der Waals surface area (Å²) in [5.41, 5.74) is 1.62. The van der Waals surface area contributed by atoms with Crippen molar-refractivity contribution in [1.82, 2.24) is 4.90 Å². The van der Waals surface area contributed by atoms with Gasteiger partial charge in [-0.1, -0.05) is 11.8 Å². The molecular formula is C22H23N3O5S. The molecule has 0 radical (unpaired) electrons. The molecule has 0 aliphatic carbocycles. The Morgan fingerprint density at radius 3 is 2.35 bits per heavy atom. The summed E-state index contributed by atoms with van der Waals surface area (Å²) >= 11 is 1.28. The zero-order valence-electron chi connectivity index (χ0n) is 17.5. The molecule has 0 unspecified atom stereocenters. The first-order valence-corrected chi connectivity index (χ1v) is 10.5. The Morgan fingerprint density at radius 1 is 1.10 bits per heavy atom. The second-order valence-corrected chi connectivity index (χ2v) is 7.77. The van der Waals surface area contributed by atoms with Crippen LogP contribution in [0.15, 0.2) is 53.5 Å². The number of amidine groups is 1. The van der Waals surface area contributed by atoms with Crippen LogP contribution in [0.25, 0.3) is 0 Å². The smallest absolute Gasteiger partial charge is 0.337 e. The van der Waals surface area contributed by atoms with E-state index in [-0.39, 0.29) is 18.2 Å². The normalized spacial score (nSPS) is 17.0. The van der Waals surface area contributed by atoms with Gasteiger partial charge in [0.1, 0.15) is 11.0 Å². The van der Waals surface area contributed by atoms with E-state index in [9.17, 15) is 14.4 Å². The first-order valence-electron chi connectivity index (χ1n) is 9.64. The van der Waals surface area contributed by atoms with Gasteiger partial charge in [-0.2, -0.15) is 0 Å². The maximum Gasteiger partial charge on any atom is 0.337 e. The topological polar surface area (TPSA) is 97.3 Å². The zero-order chi connectivity index (χ0) is 22.4. The molecule has 1 atom stereocenters. The fourth-order valence-electron chi connectivity index (χ4n) is 2.97. The minimum atomic E-state index is -0.550. The Bertz CT molecular complexity index is 989. The SMILES string of the molecule is CCN1C(=O)[C@H](CC(=O)Nc2ccc(C(=O)OC)cc2)SC1=Nc1ccc(OC)cc1. The summed E-state index contributed by atoms with van der Waals surface area (Å²) in [6.07, 6.45) is 0.0143. The van der Waals surface area contributed by atoms with Crippen molar-refractivity contribution in [3.63, 3.8) is 0 Å².